The second-order valence-electron chi connectivity index (χ2n) is 10.2. The Morgan fingerprint density at radius 3 is 1.65 bits per heavy atom. The fourth-order valence-electron chi connectivity index (χ4n) is 4.38. The van der Waals surface area contributed by atoms with Gasteiger partial charge in [0.1, 0.15) is 6.29 Å². The summed E-state index contributed by atoms with van der Waals surface area (Å²) in [5, 5.41) is 0. The number of aldehydes is 1. The van der Waals surface area contributed by atoms with Gasteiger partial charge in [-0.1, -0.05) is 128 Å². The molecule has 1 atom stereocenters. The summed E-state index contributed by atoms with van der Waals surface area (Å²) in [5.41, 5.74) is 7.95. The molecular weight excluding hydrogens is 412 g/mol. The van der Waals surface area contributed by atoms with Crippen LogP contribution in [0.15, 0.2) is 119 Å². The van der Waals surface area contributed by atoms with Gasteiger partial charge in [0, 0.05) is 0 Å². The third-order valence-corrected chi connectivity index (χ3v) is 5.92. The van der Waals surface area contributed by atoms with Crippen LogP contribution in [0.1, 0.15) is 68.2 Å². The summed E-state index contributed by atoms with van der Waals surface area (Å²) in [6.07, 6.45) is 31.9. The minimum atomic E-state index is 0.257. The predicted octanol–water partition coefficient (Wildman–Crippen LogP) is 9.52. The van der Waals surface area contributed by atoms with Crippen LogP contribution >= 0.6 is 0 Å². The molecule has 0 saturated heterocycles. The molecule has 0 N–H and O–H groups in total. The number of allylic oxidation sites excluding steroid dienone is 20. The first kappa shape index (κ1) is 29.1. The molecule has 0 radical (unpaired) electrons. The fourth-order valence-corrected chi connectivity index (χ4v) is 4.38. The molecule has 1 aliphatic carbocycles. The molecule has 0 aliphatic heterocycles. The molecule has 0 bridgehead atoms. The summed E-state index contributed by atoms with van der Waals surface area (Å²) < 4.78 is 0. The lowest BCUT2D eigenvalue weighted by Gasteiger charge is -2.36. The average Bonchev–Trinajstić information content (AvgIpc) is 2.74. The van der Waals surface area contributed by atoms with Gasteiger partial charge in [-0.15, -0.1) is 0 Å². The topological polar surface area (TPSA) is 17.1 Å². The number of carbonyl (C=O) groups excluding carboxylic acids is 1. The van der Waals surface area contributed by atoms with Gasteiger partial charge in [0.15, 0.2) is 0 Å². The molecule has 1 nitrogen and oxygen atoms in total. The maximum absolute atomic E-state index is 10.3. The van der Waals surface area contributed by atoms with E-state index < -0.39 is 0 Å². The molecule has 1 aliphatic rings. The molecule has 0 fully saturated rings. The summed E-state index contributed by atoms with van der Waals surface area (Å²) in [6, 6.07) is 0. The lowest BCUT2D eigenvalue weighted by Crippen LogP contribution is -2.23. The first-order valence-corrected chi connectivity index (χ1v) is 12.3. The summed E-state index contributed by atoms with van der Waals surface area (Å²) in [6.45, 7) is 17.7. The van der Waals surface area contributed by atoms with Gasteiger partial charge < -0.3 is 0 Å². The molecule has 0 amide bonds. The molecule has 1 heteroatoms. The van der Waals surface area contributed by atoms with Crippen LogP contribution in [0.5, 0.6) is 0 Å². The van der Waals surface area contributed by atoms with E-state index in [0.717, 1.165) is 23.4 Å². The van der Waals surface area contributed by atoms with Gasteiger partial charge >= 0.3 is 0 Å². The van der Waals surface area contributed by atoms with E-state index in [1.165, 1.54) is 41.2 Å². The Bertz CT molecular complexity index is 991. The summed E-state index contributed by atoms with van der Waals surface area (Å²) in [4.78, 5) is 10.3. The number of hydrogen-bond acceptors (Lipinski definition) is 1. The molecule has 34 heavy (non-hydrogen) atoms. The third-order valence-electron chi connectivity index (χ3n) is 5.92. The number of rotatable bonds is 10. The van der Waals surface area contributed by atoms with Crippen LogP contribution in [0.25, 0.3) is 0 Å². The number of hydrogen-bond donors (Lipinski definition) is 0. The van der Waals surface area contributed by atoms with Crippen LogP contribution < -0.4 is 0 Å². The zero-order chi connectivity index (χ0) is 25.6. The molecule has 0 aromatic carbocycles. The van der Waals surface area contributed by atoms with Gasteiger partial charge in [-0.2, -0.15) is 0 Å². The quantitative estimate of drug-likeness (QED) is 0.182. The average molecular weight is 457 g/mol. The van der Waals surface area contributed by atoms with Crippen molar-refractivity contribution in [1.82, 2.24) is 0 Å². The van der Waals surface area contributed by atoms with Gasteiger partial charge in [-0.3, -0.25) is 4.79 Å². The van der Waals surface area contributed by atoms with Crippen LogP contribution in [0.2, 0.25) is 0 Å². The van der Waals surface area contributed by atoms with E-state index in [1.54, 1.807) is 6.08 Å². The van der Waals surface area contributed by atoms with Gasteiger partial charge in [0.2, 0.25) is 0 Å². The van der Waals surface area contributed by atoms with Crippen molar-refractivity contribution >= 4 is 6.29 Å². The van der Waals surface area contributed by atoms with E-state index in [-0.39, 0.29) is 5.41 Å². The standard InChI is InChI=1S/C33H44O/c1-26(16-11-18-28(3)20-13-23-34)14-9-10-15-27(2)17-12-19-29(4)21-22-32-31(6)24-30(5)25-33(32,7)8/h9-23,30H,24-25H2,1-8H3/b10-9+,16-11+,17-12+,20-13+,22-21+,26-14+,27-15+,28-18+,29-19+/t30-/m1/s1. The predicted molar refractivity (Wildman–Crippen MR) is 152 cm³/mol. The first-order chi connectivity index (χ1) is 16.0. The lowest BCUT2D eigenvalue weighted by atomic mass is 9.69. The third kappa shape index (κ3) is 11.8. The highest BCUT2D eigenvalue weighted by Crippen LogP contribution is 2.43. The van der Waals surface area contributed by atoms with Crippen molar-refractivity contribution in [2.24, 2.45) is 11.3 Å². The van der Waals surface area contributed by atoms with Crippen molar-refractivity contribution in [1.29, 1.82) is 0 Å². The van der Waals surface area contributed by atoms with Crippen molar-refractivity contribution in [3.8, 4) is 0 Å². The smallest absolute Gasteiger partial charge is 0.142 e. The Balaban J connectivity index is 2.66. The van der Waals surface area contributed by atoms with Crippen molar-refractivity contribution < 1.29 is 4.79 Å². The largest absolute Gasteiger partial charge is 0.299 e. The maximum atomic E-state index is 10.3. The van der Waals surface area contributed by atoms with Crippen molar-refractivity contribution in [3.05, 3.63) is 119 Å². The first-order valence-electron chi connectivity index (χ1n) is 12.3. The van der Waals surface area contributed by atoms with Crippen LogP contribution in [-0.2, 0) is 4.79 Å². The summed E-state index contributed by atoms with van der Waals surface area (Å²) in [7, 11) is 0. The second kappa shape index (κ2) is 15.1. The van der Waals surface area contributed by atoms with Crippen LogP contribution in [0, 0.1) is 11.3 Å². The molecule has 0 aromatic rings. The van der Waals surface area contributed by atoms with E-state index in [9.17, 15) is 4.79 Å². The van der Waals surface area contributed by atoms with Gasteiger partial charge in [-0.05, 0) is 70.4 Å². The van der Waals surface area contributed by atoms with Crippen LogP contribution in [0.4, 0.5) is 0 Å². The Kier molecular flexibility index (Phi) is 12.9. The minimum absolute atomic E-state index is 0.257. The zero-order valence-corrected chi connectivity index (χ0v) is 22.6. The van der Waals surface area contributed by atoms with Gasteiger partial charge in [-0.25, -0.2) is 0 Å². The Morgan fingerprint density at radius 1 is 0.735 bits per heavy atom. The Morgan fingerprint density at radius 2 is 1.18 bits per heavy atom. The van der Waals surface area contributed by atoms with Crippen LogP contribution in [0.3, 0.4) is 0 Å². The Hall–Kier alpha value is -2.93. The molecule has 1 rings (SSSR count). The van der Waals surface area contributed by atoms with E-state index in [0.29, 0.717) is 0 Å². The van der Waals surface area contributed by atoms with E-state index in [4.69, 9.17) is 0 Å². The van der Waals surface area contributed by atoms with Crippen molar-refractivity contribution in [2.45, 2.75) is 68.2 Å². The Labute approximate surface area is 209 Å². The molecule has 0 spiro atoms. The normalized spacial score (nSPS) is 21.4. The molecule has 182 valence electrons. The number of carbonyl (C=O) groups is 1. The van der Waals surface area contributed by atoms with Gasteiger partial charge in [0.25, 0.3) is 0 Å². The maximum Gasteiger partial charge on any atom is 0.142 e. The molecule has 0 heterocycles. The van der Waals surface area contributed by atoms with Crippen LogP contribution in [-0.4, -0.2) is 6.29 Å². The van der Waals surface area contributed by atoms with Gasteiger partial charge in [0.05, 0.1) is 0 Å². The molecule has 0 unspecified atom stereocenters. The molecular formula is C33H44O. The fraction of sp³-hybridized carbons (Fsp3) is 0.364. The summed E-state index contributed by atoms with van der Waals surface area (Å²) >= 11 is 0. The van der Waals surface area contributed by atoms with Crippen molar-refractivity contribution in [3.63, 3.8) is 0 Å². The van der Waals surface area contributed by atoms with E-state index >= 15 is 0 Å². The van der Waals surface area contributed by atoms with E-state index in [1.807, 2.05) is 31.2 Å². The summed E-state index contributed by atoms with van der Waals surface area (Å²) in [5.74, 6) is 0.774. The monoisotopic (exact) mass is 456 g/mol. The van der Waals surface area contributed by atoms with E-state index in [2.05, 4.69) is 97.1 Å². The van der Waals surface area contributed by atoms with Crippen molar-refractivity contribution in [2.75, 3.05) is 0 Å². The highest BCUT2D eigenvalue weighted by Gasteiger charge is 2.30. The molecule has 0 saturated carbocycles. The zero-order valence-electron chi connectivity index (χ0n) is 22.6. The second-order valence-corrected chi connectivity index (χ2v) is 10.2. The highest BCUT2D eigenvalue weighted by molar-refractivity contribution is 5.65. The molecule has 0 aromatic heterocycles. The SMILES string of the molecule is CC1=C(/C=C/C(C)=C/C=C/C(C)=C/C=C/C=C(C)/C=C/C=C(C)/C=C/C=O)C(C)(C)C[C@H](C)C1. The highest BCUT2D eigenvalue weighted by atomic mass is 16.1. The minimum Gasteiger partial charge on any atom is -0.299 e. The lowest BCUT2D eigenvalue weighted by molar-refractivity contribution is -0.104.